The van der Waals surface area contributed by atoms with E-state index in [2.05, 4.69) is 15.5 Å². The highest BCUT2D eigenvalue weighted by atomic mass is 35.5. The molecular formula is C20H25ClN6O3. The van der Waals surface area contributed by atoms with E-state index in [1.54, 1.807) is 21.8 Å². The number of nitrogens with one attached hydrogen (secondary N) is 1. The lowest BCUT2D eigenvalue weighted by atomic mass is 9.53. The first-order valence-electron chi connectivity index (χ1n) is 10.6. The van der Waals surface area contributed by atoms with E-state index in [1.165, 1.54) is 25.5 Å². The molecule has 0 spiro atoms. The molecule has 0 aliphatic heterocycles. The number of hydrogen-bond donors (Lipinski definition) is 1. The summed E-state index contributed by atoms with van der Waals surface area (Å²) in [5.41, 5.74) is -0.447. The molecule has 2 aromatic rings. The second-order valence-electron chi connectivity index (χ2n) is 9.24. The minimum absolute atomic E-state index is 0.0853. The lowest BCUT2D eigenvalue weighted by Crippen LogP contribution is -2.52. The van der Waals surface area contributed by atoms with Gasteiger partial charge in [-0.3, -0.25) is 24.3 Å². The Morgan fingerprint density at radius 1 is 1.23 bits per heavy atom. The molecule has 2 aromatic heterocycles. The normalized spacial score (nSPS) is 29.3. The highest BCUT2D eigenvalue weighted by molar-refractivity contribution is 6.30. The molecule has 30 heavy (non-hydrogen) atoms. The molecule has 2 heterocycles. The molecule has 0 atom stereocenters. The lowest BCUT2D eigenvalue weighted by Gasteiger charge is -2.56. The van der Waals surface area contributed by atoms with Crippen LogP contribution in [0.4, 0.5) is 5.69 Å². The molecule has 0 saturated heterocycles. The molecule has 0 unspecified atom stereocenters. The minimum Gasteiger partial charge on any atom is -0.350 e. The topological polar surface area (TPSA) is 108 Å². The summed E-state index contributed by atoms with van der Waals surface area (Å²) in [6, 6.07) is 0. The van der Waals surface area contributed by atoms with Crippen LogP contribution in [0.5, 0.6) is 0 Å². The minimum atomic E-state index is -0.497. The summed E-state index contributed by atoms with van der Waals surface area (Å²) < 4.78 is 3.47. The van der Waals surface area contributed by atoms with E-state index in [4.69, 9.17) is 11.6 Å². The van der Waals surface area contributed by atoms with E-state index >= 15 is 0 Å². The van der Waals surface area contributed by atoms with Crippen molar-refractivity contribution in [2.75, 3.05) is 6.54 Å². The second-order valence-corrected chi connectivity index (χ2v) is 9.67. The van der Waals surface area contributed by atoms with Gasteiger partial charge in [-0.1, -0.05) is 11.6 Å². The molecule has 1 N–H and O–H groups in total. The number of aromatic nitrogens is 4. The summed E-state index contributed by atoms with van der Waals surface area (Å²) in [4.78, 5) is 23.8. The van der Waals surface area contributed by atoms with Gasteiger partial charge in [0.15, 0.2) is 0 Å². The van der Waals surface area contributed by atoms with Crippen molar-refractivity contribution in [2.24, 2.45) is 17.8 Å². The van der Waals surface area contributed by atoms with Gasteiger partial charge in [-0.05, 0) is 62.7 Å². The molecule has 4 aliphatic rings. The Morgan fingerprint density at radius 2 is 1.90 bits per heavy atom. The summed E-state index contributed by atoms with van der Waals surface area (Å²) in [7, 11) is 0. The Kier molecular flexibility index (Phi) is 4.80. The average molecular weight is 433 g/mol. The van der Waals surface area contributed by atoms with Crippen molar-refractivity contribution < 1.29 is 9.72 Å². The first-order valence-corrected chi connectivity index (χ1v) is 11.0. The third kappa shape index (κ3) is 3.49. The SMILES string of the molecule is O=C(NCCCn1cc(Cl)cn1)c1nn(C23CC4CC(CC(C4)C2)C3)cc1[N+](=O)[O-]. The van der Waals surface area contributed by atoms with Crippen LogP contribution in [-0.4, -0.2) is 36.9 Å². The van der Waals surface area contributed by atoms with Crippen molar-refractivity contribution >= 4 is 23.2 Å². The Bertz CT molecular complexity index is 948. The third-order valence-electron chi connectivity index (χ3n) is 7.05. The highest BCUT2D eigenvalue weighted by Gasteiger charge is 2.53. The molecule has 4 bridgehead atoms. The number of nitrogens with zero attached hydrogens (tertiary/aromatic N) is 5. The second kappa shape index (κ2) is 7.37. The van der Waals surface area contributed by atoms with Gasteiger partial charge in [0.05, 0.1) is 21.7 Å². The van der Waals surface area contributed by atoms with Gasteiger partial charge < -0.3 is 5.32 Å². The number of halogens is 1. The first kappa shape index (κ1) is 19.5. The van der Waals surface area contributed by atoms with Gasteiger partial charge in [-0.25, -0.2) is 0 Å². The van der Waals surface area contributed by atoms with Crippen LogP contribution < -0.4 is 5.32 Å². The fourth-order valence-corrected chi connectivity index (χ4v) is 6.39. The number of nitro groups is 1. The summed E-state index contributed by atoms with van der Waals surface area (Å²) >= 11 is 5.84. The van der Waals surface area contributed by atoms with Crippen LogP contribution >= 0.6 is 11.6 Å². The number of amides is 1. The molecule has 9 nitrogen and oxygen atoms in total. The van der Waals surface area contributed by atoms with Crippen LogP contribution in [0.2, 0.25) is 5.02 Å². The predicted molar refractivity (Wildman–Crippen MR) is 109 cm³/mol. The standard InChI is InChI=1S/C20H25ClN6O3/c21-16-10-23-25(11-16)3-1-2-22-19(28)18-17(27(29)30)12-26(24-18)20-7-13-4-14(8-20)6-15(5-13)9-20/h10-15H,1-9H2,(H,22,28). The Labute approximate surface area is 178 Å². The van der Waals surface area contributed by atoms with Crippen molar-refractivity contribution in [3.63, 3.8) is 0 Å². The van der Waals surface area contributed by atoms with E-state index in [1.807, 2.05) is 0 Å². The maximum absolute atomic E-state index is 12.7. The van der Waals surface area contributed by atoms with Gasteiger partial charge in [0.25, 0.3) is 5.91 Å². The fraction of sp³-hybridized carbons (Fsp3) is 0.650. The van der Waals surface area contributed by atoms with Crippen LogP contribution in [0.15, 0.2) is 18.6 Å². The Balaban J connectivity index is 1.29. The van der Waals surface area contributed by atoms with Gasteiger partial charge in [0, 0.05) is 19.3 Å². The number of carbonyl (C=O) groups excluding carboxylic acids is 1. The van der Waals surface area contributed by atoms with E-state index in [-0.39, 0.29) is 16.9 Å². The number of hydrogen-bond acceptors (Lipinski definition) is 5. The summed E-state index contributed by atoms with van der Waals surface area (Å²) in [5.74, 6) is 1.57. The van der Waals surface area contributed by atoms with Crippen molar-refractivity contribution in [2.45, 2.75) is 57.0 Å². The maximum Gasteiger partial charge on any atom is 0.320 e. The van der Waals surface area contributed by atoms with Gasteiger partial charge in [0.1, 0.15) is 6.20 Å². The van der Waals surface area contributed by atoms with Gasteiger partial charge in [-0.2, -0.15) is 10.2 Å². The third-order valence-corrected chi connectivity index (χ3v) is 7.25. The van der Waals surface area contributed by atoms with Crippen LogP contribution in [0.25, 0.3) is 0 Å². The molecular weight excluding hydrogens is 408 g/mol. The average Bonchev–Trinajstić information content (AvgIpc) is 3.31. The Morgan fingerprint density at radius 3 is 2.47 bits per heavy atom. The molecule has 0 radical (unpaired) electrons. The van der Waals surface area contributed by atoms with E-state index < -0.39 is 10.8 Å². The van der Waals surface area contributed by atoms with Crippen LogP contribution in [0, 0.1) is 27.9 Å². The largest absolute Gasteiger partial charge is 0.350 e. The summed E-state index contributed by atoms with van der Waals surface area (Å²) in [6.07, 6.45) is 12.3. The molecule has 6 rings (SSSR count). The van der Waals surface area contributed by atoms with Crippen molar-refractivity contribution in [3.8, 4) is 0 Å². The zero-order valence-electron chi connectivity index (χ0n) is 16.7. The van der Waals surface area contributed by atoms with Crippen LogP contribution in [-0.2, 0) is 12.1 Å². The summed E-state index contributed by atoms with van der Waals surface area (Å²) in [6.45, 7) is 0.967. The highest BCUT2D eigenvalue weighted by Crippen LogP contribution is 2.58. The number of carbonyl (C=O) groups is 1. The molecule has 1 amide bonds. The monoisotopic (exact) mass is 432 g/mol. The Hall–Kier alpha value is -2.42. The summed E-state index contributed by atoms with van der Waals surface area (Å²) in [5, 5.41) is 23.5. The van der Waals surface area contributed by atoms with E-state index in [0.29, 0.717) is 42.3 Å². The molecule has 4 fully saturated rings. The van der Waals surface area contributed by atoms with Crippen LogP contribution in [0.3, 0.4) is 0 Å². The van der Waals surface area contributed by atoms with Crippen molar-refractivity contribution in [1.29, 1.82) is 0 Å². The van der Waals surface area contributed by atoms with Gasteiger partial charge >= 0.3 is 5.69 Å². The molecule has 0 aromatic carbocycles. The fourth-order valence-electron chi connectivity index (χ4n) is 6.24. The van der Waals surface area contributed by atoms with Gasteiger partial charge in [0.2, 0.25) is 5.69 Å². The zero-order valence-corrected chi connectivity index (χ0v) is 17.4. The zero-order chi connectivity index (χ0) is 20.9. The molecule has 4 saturated carbocycles. The van der Waals surface area contributed by atoms with E-state index in [0.717, 1.165) is 19.3 Å². The van der Waals surface area contributed by atoms with Crippen LogP contribution in [0.1, 0.15) is 55.4 Å². The maximum atomic E-state index is 12.7. The quantitative estimate of drug-likeness (QED) is 0.410. The number of aryl methyl sites for hydroxylation is 1. The smallest absolute Gasteiger partial charge is 0.320 e. The first-order chi connectivity index (χ1) is 14.4. The number of rotatable bonds is 7. The molecule has 10 heteroatoms. The molecule has 160 valence electrons. The van der Waals surface area contributed by atoms with Crippen molar-refractivity contribution in [3.05, 3.63) is 39.4 Å². The molecule has 4 aliphatic carbocycles. The van der Waals surface area contributed by atoms with Gasteiger partial charge in [-0.15, -0.1) is 0 Å². The van der Waals surface area contributed by atoms with Crippen molar-refractivity contribution in [1.82, 2.24) is 24.9 Å². The predicted octanol–water partition coefficient (Wildman–Crippen LogP) is 3.39. The van der Waals surface area contributed by atoms with E-state index in [9.17, 15) is 14.9 Å². The lowest BCUT2D eigenvalue weighted by molar-refractivity contribution is -0.385.